The Balaban J connectivity index is 1.77. The third-order valence-corrected chi connectivity index (χ3v) is 5.68. The van der Waals surface area contributed by atoms with Gasteiger partial charge in [0, 0.05) is 6.04 Å². The predicted octanol–water partition coefficient (Wildman–Crippen LogP) is 3.11. The number of methoxy groups -OCH3 is 1. The highest BCUT2D eigenvalue weighted by molar-refractivity contribution is 5.41. The standard InChI is InChI=1S/C17H23NO/c1-19-13-6-5-12-9-16-17-11(7-8-18-16)3-2-4-14(17)15(12)10-13/h5-6,10-11,14,16-18H,2-4,7-9H2,1H3/t11?,14?,16-,17?/m0/s1. The van der Waals surface area contributed by atoms with Crippen LogP contribution in [0.5, 0.6) is 5.75 Å². The lowest BCUT2D eigenvalue weighted by atomic mass is 9.59. The van der Waals surface area contributed by atoms with Crippen LogP contribution in [0, 0.1) is 11.8 Å². The van der Waals surface area contributed by atoms with Gasteiger partial charge in [-0.15, -0.1) is 0 Å². The molecule has 1 saturated heterocycles. The number of benzene rings is 1. The van der Waals surface area contributed by atoms with Gasteiger partial charge in [0.2, 0.25) is 0 Å². The normalized spacial score (nSPS) is 36.3. The fourth-order valence-electron chi connectivity index (χ4n) is 4.89. The summed E-state index contributed by atoms with van der Waals surface area (Å²) in [6.07, 6.45) is 6.85. The largest absolute Gasteiger partial charge is 0.497 e. The van der Waals surface area contributed by atoms with E-state index in [1.165, 1.54) is 38.6 Å². The molecule has 1 heterocycles. The first-order valence-electron chi connectivity index (χ1n) is 7.77. The monoisotopic (exact) mass is 257 g/mol. The van der Waals surface area contributed by atoms with E-state index in [4.69, 9.17) is 4.74 Å². The third kappa shape index (κ3) is 1.80. The van der Waals surface area contributed by atoms with Crippen LogP contribution in [0.1, 0.15) is 42.7 Å². The molecule has 0 bridgehead atoms. The van der Waals surface area contributed by atoms with E-state index in [0.717, 1.165) is 29.5 Å². The molecule has 2 heteroatoms. The summed E-state index contributed by atoms with van der Waals surface area (Å²) in [5, 5.41) is 3.79. The summed E-state index contributed by atoms with van der Waals surface area (Å²) in [5.74, 6) is 3.64. The van der Waals surface area contributed by atoms with Crippen molar-refractivity contribution >= 4 is 0 Å². The zero-order valence-electron chi connectivity index (χ0n) is 11.7. The second kappa shape index (κ2) is 4.52. The Morgan fingerprint density at radius 2 is 2.16 bits per heavy atom. The Morgan fingerprint density at radius 3 is 3.05 bits per heavy atom. The van der Waals surface area contributed by atoms with E-state index in [2.05, 4.69) is 23.5 Å². The van der Waals surface area contributed by atoms with E-state index < -0.39 is 0 Å². The van der Waals surface area contributed by atoms with E-state index >= 15 is 0 Å². The van der Waals surface area contributed by atoms with Crippen molar-refractivity contribution in [2.24, 2.45) is 11.8 Å². The highest BCUT2D eigenvalue weighted by atomic mass is 16.5. The van der Waals surface area contributed by atoms with E-state index in [-0.39, 0.29) is 0 Å². The van der Waals surface area contributed by atoms with Crippen molar-refractivity contribution in [1.82, 2.24) is 5.32 Å². The molecule has 19 heavy (non-hydrogen) atoms. The summed E-state index contributed by atoms with van der Waals surface area (Å²) < 4.78 is 5.44. The van der Waals surface area contributed by atoms with Gasteiger partial charge in [-0.3, -0.25) is 0 Å². The molecule has 1 saturated carbocycles. The highest BCUT2D eigenvalue weighted by Gasteiger charge is 2.44. The maximum absolute atomic E-state index is 5.44. The summed E-state index contributed by atoms with van der Waals surface area (Å²) >= 11 is 0. The van der Waals surface area contributed by atoms with Gasteiger partial charge in [0.1, 0.15) is 5.75 Å². The summed E-state index contributed by atoms with van der Waals surface area (Å²) in [6, 6.07) is 7.46. The maximum atomic E-state index is 5.44. The van der Waals surface area contributed by atoms with Crippen LogP contribution in [0.2, 0.25) is 0 Å². The summed E-state index contributed by atoms with van der Waals surface area (Å²) in [4.78, 5) is 0. The molecule has 1 aromatic carbocycles. The average molecular weight is 257 g/mol. The van der Waals surface area contributed by atoms with Gasteiger partial charge in [-0.25, -0.2) is 0 Å². The fourth-order valence-corrected chi connectivity index (χ4v) is 4.89. The minimum atomic E-state index is 0.727. The molecule has 0 radical (unpaired) electrons. The van der Waals surface area contributed by atoms with Gasteiger partial charge in [0.15, 0.2) is 0 Å². The molecule has 0 amide bonds. The summed E-state index contributed by atoms with van der Waals surface area (Å²) in [5.41, 5.74) is 3.15. The first-order valence-corrected chi connectivity index (χ1v) is 7.77. The lowest BCUT2D eigenvalue weighted by Crippen LogP contribution is -2.53. The zero-order chi connectivity index (χ0) is 12.8. The molecule has 3 aliphatic rings. The first kappa shape index (κ1) is 11.8. The van der Waals surface area contributed by atoms with Gasteiger partial charge >= 0.3 is 0 Å². The molecule has 3 unspecified atom stereocenters. The van der Waals surface area contributed by atoms with Crippen molar-refractivity contribution in [2.45, 2.75) is 44.1 Å². The summed E-state index contributed by atoms with van der Waals surface area (Å²) in [6.45, 7) is 1.23. The van der Waals surface area contributed by atoms with Gasteiger partial charge in [-0.2, -0.15) is 0 Å². The van der Waals surface area contributed by atoms with E-state index in [1.54, 1.807) is 18.2 Å². The second-order valence-corrected chi connectivity index (χ2v) is 6.49. The maximum Gasteiger partial charge on any atom is 0.119 e. The molecular formula is C17H23NO. The van der Waals surface area contributed by atoms with Gasteiger partial charge < -0.3 is 10.1 Å². The number of ether oxygens (including phenoxy) is 1. The van der Waals surface area contributed by atoms with Crippen LogP contribution in [-0.4, -0.2) is 19.7 Å². The fraction of sp³-hybridized carbons (Fsp3) is 0.647. The third-order valence-electron chi connectivity index (χ3n) is 5.68. The molecule has 2 aliphatic carbocycles. The highest BCUT2D eigenvalue weighted by Crippen LogP contribution is 2.50. The van der Waals surface area contributed by atoms with Crippen LogP contribution in [0.4, 0.5) is 0 Å². The SMILES string of the molecule is COc1ccc2c(c1)C1CCCC3CCN[C@@H](C2)C31. The zero-order valence-corrected chi connectivity index (χ0v) is 11.7. The number of hydrogen-bond donors (Lipinski definition) is 1. The molecule has 0 aromatic heterocycles. The van der Waals surface area contributed by atoms with Crippen LogP contribution in [0.15, 0.2) is 18.2 Å². The smallest absolute Gasteiger partial charge is 0.119 e. The molecule has 2 nitrogen and oxygen atoms in total. The van der Waals surface area contributed by atoms with Crippen molar-refractivity contribution in [3.05, 3.63) is 29.3 Å². The van der Waals surface area contributed by atoms with Crippen LogP contribution in [-0.2, 0) is 6.42 Å². The second-order valence-electron chi connectivity index (χ2n) is 6.49. The van der Waals surface area contributed by atoms with Gasteiger partial charge in [0.25, 0.3) is 0 Å². The number of hydrogen-bond acceptors (Lipinski definition) is 2. The Kier molecular flexibility index (Phi) is 2.80. The molecular weight excluding hydrogens is 234 g/mol. The van der Waals surface area contributed by atoms with Crippen molar-refractivity contribution in [2.75, 3.05) is 13.7 Å². The molecule has 1 aromatic rings. The first-order chi connectivity index (χ1) is 9.36. The van der Waals surface area contributed by atoms with Crippen molar-refractivity contribution in [1.29, 1.82) is 0 Å². The Bertz CT molecular complexity index is 482. The predicted molar refractivity (Wildman–Crippen MR) is 76.7 cm³/mol. The molecule has 1 aliphatic heterocycles. The van der Waals surface area contributed by atoms with E-state index in [1.807, 2.05) is 0 Å². The Hall–Kier alpha value is -1.02. The molecule has 4 rings (SSSR count). The summed E-state index contributed by atoms with van der Waals surface area (Å²) in [7, 11) is 1.78. The van der Waals surface area contributed by atoms with Crippen molar-refractivity contribution < 1.29 is 4.74 Å². The van der Waals surface area contributed by atoms with Crippen molar-refractivity contribution in [3.63, 3.8) is 0 Å². The quantitative estimate of drug-likeness (QED) is 0.834. The Labute approximate surface area is 115 Å². The van der Waals surface area contributed by atoms with Crippen LogP contribution < -0.4 is 10.1 Å². The minimum Gasteiger partial charge on any atom is -0.497 e. The van der Waals surface area contributed by atoms with Gasteiger partial charge in [-0.1, -0.05) is 18.9 Å². The van der Waals surface area contributed by atoms with Crippen LogP contribution in [0.25, 0.3) is 0 Å². The lowest BCUT2D eigenvalue weighted by Gasteiger charge is -2.50. The molecule has 2 fully saturated rings. The van der Waals surface area contributed by atoms with Crippen LogP contribution in [0.3, 0.4) is 0 Å². The number of rotatable bonds is 1. The van der Waals surface area contributed by atoms with Gasteiger partial charge in [-0.05, 0) is 66.8 Å². The average Bonchev–Trinajstić information content (AvgIpc) is 2.47. The van der Waals surface area contributed by atoms with Crippen LogP contribution >= 0.6 is 0 Å². The topological polar surface area (TPSA) is 21.3 Å². The molecule has 0 spiro atoms. The van der Waals surface area contributed by atoms with E-state index in [0.29, 0.717) is 0 Å². The molecule has 102 valence electrons. The molecule has 1 N–H and O–H groups in total. The number of piperidine rings is 1. The van der Waals surface area contributed by atoms with E-state index in [9.17, 15) is 0 Å². The Morgan fingerprint density at radius 1 is 1.21 bits per heavy atom. The number of fused-ring (bicyclic) bond motifs is 2. The lowest BCUT2D eigenvalue weighted by molar-refractivity contribution is 0.0999. The minimum absolute atomic E-state index is 0.727. The molecule has 4 atom stereocenters. The van der Waals surface area contributed by atoms with Gasteiger partial charge in [0.05, 0.1) is 7.11 Å². The van der Waals surface area contributed by atoms with Crippen molar-refractivity contribution in [3.8, 4) is 5.75 Å². The number of nitrogens with one attached hydrogen (secondary N) is 1.